The average molecular weight is 513 g/mol. The van der Waals surface area contributed by atoms with Gasteiger partial charge in [-0.15, -0.1) is 11.3 Å². The first-order valence-corrected chi connectivity index (χ1v) is 11.8. The molecule has 3 aromatic rings. The molecule has 0 saturated carbocycles. The van der Waals surface area contributed by atoms with Gasteiger partial charge in [0.25, 0.3) is 5.91 Å². The Kier molecular flexibility index (Phi) is 8.57. The Morgan fingerprint density at radius 3 is 2.68 bits per heavy atom. The lowest BCUT2D eigenvalue weighted by atomic mass is 10.1. The van der Waals surface area contributed by atoms with Gasteiger partial charge in [-0.3, -0.25) is 4.79 Å². The number of rotatable bonds is 9. The van der Waals surface area contributed by atoms with E-state index in [0.717, 1.165) is 12.1 Å². The van der Waals surface area contributed by atoms with Crippen LogP contribution in [-0.2, 0) is 25.9 Å². The lowest BCUT2D eigenvalue weighted by Crippen LogP contribution is -2.38. The third-order valence-corrected chi connectivity index (χ3v) is 6.40. The molecular weight excluding hydrogens is 489 g/mol. The zero-order valence-electron chi connectivity index (χ0n) is 18.6. The van der Waals surface area contributed by atoms with Crippen molar-refractivity contribution < 1.29 is 27.8 Å². The van der Waals surface area contributed by atoms with Gasteiger partial charge in [-0.1, -0.05) is 24.6 Å². The molecule has 1 N–H and O–H groups in total. The second kappa shape index (κ2) is 11.2. The predicted octanol–water partition coefficient (Wildman–Crippen LogP) is 6.33. The van der Waals surface area contributed by atoms with Gasteiger partial charge in [-0.2, -0.15) is 13.2 Å². The second-order valence-electron chi connectivity index (χ2n) is 7.70. The first-order chi connectivity index (χ1) is 16.1. The Balaban J connectivity index is 1.87. The van der Waals surface area contributed by atoms with Gasteiger partial charge in [-0.25, -0.2) is 4.98 Å². The van der Waals surface area contributed by atoms with Gasteiger partial charge >= 0.3 is 6.18 Å². The van der Waals surface area contributed by atoms with Crippen molar-refractivity contribution in [2.75, 3.05) is 0 Å². The number of carbonyl (C=O) groups is 1. The molecular formula is C24H24ClF3N2O3S. The van der Waals surface area contributed by atoms with Crippen LogP contribution in [0.3, 0.4) is 0 Å². The van der Waals surface area contributed by atoms with Gasteiger partial charge in [0.1, 0.15) is 17.4 Å². The standard InChI is InChI=1S/C24H24ClF3N2O3S/c1-3-15(2)30(23(32)16-5-4-6-18(9-16)24(26,27)28)11-17-10-19(25)7-8-21(17)33-13-22-29-20(12-31)14-34-22/h4-10,14-15,31H,3,11-13H2,1-2H3. The van der Waals surface area contributed by atoms with Crippen molar-refractivity contribution in [3.63, 3.8) is 0 Å². The van der Waals surface area contributed by atoms with Gasteiger partial charge in [0.15, 0.2) is 0 Å². The monoisotopic (exact) mass is 512 g/mol. The van der Waals surface area contributed by atoms with Crippen molar-refractivity contribution in [2.24, 2.45) is 0 Å². The molecule has 2 aromatic carbocycles. The predicted molar refractivity (Wildman–Crippen MR) is 125 cm³/mol. The van der Waals surface area contributed by atoms with E-state index < -0.39 is 17.6 Å². The Bertz CT molecular complexity index is 1140. The van der Waals surface area contributed by atoms with Gasteiger partial charge in [0, 0.05) is 34.1 Å². The van der Waals surface area contributed by atoms with Crippen molar-refractivity contribution >= 4 is 28.8 Å². The number of aliphatic hydroxyl groups excluding tert-OH is 1. The molecule has 1 amide bonds. The number of aromatic nitrogens is 1. The van der Waals surface area contributed by atoms with E-state index in [9.17, 15) is 23.1 Å². The Labute approximate surface area is 204 Å². The van der Waals surface area contributed by atoms with Crippen molar-refractivity contribution in [3.05, 3.63) is 80.3 Å². The summed E-state index contributed by atoms with van der Waals surface area (Å²) in [4.78, 5) is 19.1. The van der Waals surface area contributed by atoms with Gasteiger partial charge in [-0.05, 0) is 49.7 Å². The molecule has 1 unspecified atom stereocenters. The van der Waals surface area contributed by atoms with Gasteiger partial charge in [0.05, 0.1) is 17.9 Å². The van der Waals surface area contributed by atoms with Crippen LogP contribution in [0, 0.1) is 0 Å². The minimum Gasteiger partial charge on any atom is -0.486 e. The molecule has 1 aromatic heterocycles. The highest BCUT2D eigenvalue weighted by atomic mass is 35.5. The van der Waals surface area contributed by atoms with Crippen LogP contribution >= 0.6 is 22.9 Å². The zero-order chi connectivity index (χ0) is 24.9. The van der Waals surface area contributed by atoms with Crippen LogP contribution in [0.4, 0.5) is 13.2 Å². The molecule has 0 fully saturated rings. The minimum absolute atomic E-state index is 0.0426. The molecule has 0 bridgehead atoms. The summed E-state index contributed by atoms with van der Waals surface area (Å²) in [6, 6.07) is 9.18. The largest absolute Gasteiger partial charge is 0.486 e. The molecule has 0 saturated heterocycles. The van der Waals surface area contributed by atoms with E-state index in [1.54, 1.807) is 23.6 Å². The molecule has 0 aliphatic rings. The molecule has 0 aliphatic carbocycles. The molecule has 5 nitrogen and oxygen atoms in total. The summed E-state index contributed by atoms with van der Waals surface area (Å²) in [5, 5.41) is 12.0. The maximum Gasteiger partial charge on any atom is 0.416 e. The molecule has 0 aliphatic heterocycles. The number of halogens is 4. The topological polar surface area (TPSA) is 62.7 Å². The molecule has 10 heteroatoms. The van der Waals surface area contributed by atoms with Gasteiger partial charge < -0.3 is 14.7 Å². The van der Waals surface area contributed by atoms with Crippen LogP contribution in [-0.4, -0.2) is 26.9 Å². The molecule has 0 spiro atoms. The number of nitrogens with zero attached hydrogens (tertiary/aromatic N) is 2. The average Bonchev–Trinajstić information content (AvgIpc) is 3.28. The third kappa shape index (κ3) is 6.49. The molecule has 0 radical (unpaired) electrons. The van der Waals surface area contributed by atoms with Crippen LogP contribution in [0.2, 0.25) is 5.02 Å². The number of hydrogen-bond acceptors (Lipinski definition) is 5. The fraction of sp³-hybridized carbons (Fsp3) is 0.333. The van der Waals surface area contributed by atoms with Gasteiger partial charge in [0.2, 0.25) is 0 Å². The number of hydrogen-bond donors (Lipinski definition) is 1. The van der Waals surface area contributed by atoms with E-state index in [1.807, 2.05) is 13.8 Å². The van der Waals surface area contributed by atoms with Crippen LogP contribution in [0.1, 0.15) is 52.5 Å². The van der Waals surface area contributed by atoms with E-state index in [-0.39, 0.29) is 31.4 Å². The fourth-order valence-corrected chi connectivity index (χ4v) is 4.16. The number of ether oxygens (including phenoxy) is 1. The van der Waals surface area contributed by atoms with E-state index >= 15 is 0 Å². The summed E-state index contributed by atoms with van der Waals surface area (Å²) >= 11 is 7.55. The summed E-state index contributed by atoms with van der Waals surface area (Å²) in [6.07, 6.45) is -3.94. The quantitative estimate of drug-likeness (QED) is 0.364. The molecule has 3 rings (SSSR count). The van der Waals surface area contributed by atoms with Crippen LogP contribution < -0.4 is 4.74 Å². The summed E-state index contributed by atoms with van der Waals surface area (Å²) in [7, 11) is 0. The first kappa shape index (κ1) is 26.0. The second-order valence-corrected chi connectivity index (χ2v) is 9.08. The van der Waals surface area contributed by atoms with Crippen molar-refractivity contribution in [2.45, 2.75) is 52.2 Å². The highest BCUT2D eigenvalue weighted by Gasteiger charge is 2.32. The molecule has 182 valence electrons. The van der Waals surface area contributed by atoms with Crippen LogP contribution in [0.5, 0.6) is 5.75 Å². The summed E-state index contributed by atoms with van der Waals surface area (Å²) in [5.74, 6) is -0.0332. The maximum atomic E-state index is 13.3. The smallest absolute Gasteiger partial charge is 0.416 e. The van der Waals surface area contributed by atoms with Crippen molar-refractivity contribution in [1.82, 2.24) is 9.88 Å². The normalized spacial score (nSPS) is 12.4. The fourth-order valence-electron chi connectivity index (χ4n) is 3.27. The number of benzene rings is 2. The third-order valence-electron chi connectivity index (χ3n) is 5.30. The summed E-state index contributed by atoms with van der Waals surface area (Å²) < 4.78 is 45.4. The van der Waals surface area contributed by atoms with Crippen molar-refractivity contribution in [3.8, 4) is 5.75 Å². The van der Waals surface area contributed by atoms with E-state index in [1.165, 1.54) is 28.4 Å². The number of aliphatic hydroxyl groups is 1. The number of carbonyl (C=O) groups excluding carboxylic acids is 1. The molecule has 1 heterocycles. The van der Waals surface area contributed by atoms with Crippen LogP contribution in [0.15, 0.2) is 47.8 Å². The number of alkyl halides is 3. The van der Waals surface area contributed by atoms with E-state index in [0.29, 0.717) is 33.5 Å². The lowest BCUT2D eigenvalue weighted by Gasteiger charge is -2.30. The number of thiazole rings is 1. The first-order valence-electron chi connectivity index (χ1n) is 10.6. The SMILES string of the molecule is CCC(C)N(Cc1cc(Cl)ccc1OCc1nc(CO)cs1)C(=O)c1cccc(C(F)(F)F)c1. The highest BCUT2D eigenvalue weighted by Crippen LogP contribution is 2.31. The Morgan fingerprint density at radius 2 is 2.03 bits per heavy atom. The summed E-state index contributed by atoms with van der Waals surface area (Å²) in [6.45, 7) is 3.82. The maximum absolute atomic E-state index is 13.3. The van der Waals surface area contributed by atoms with E-state index in [2.05, 4.69) is 4.98 Å². The van der Waals surface area contributed by atoms with Crippen molar-refractivity contribution in [1.29, 1.82) is 0 Å². The highest BCUT2D eigenvalue weighted by molar-refractivity contribution is 7.09. The Morgan fingerprint density at radius 1 is 1.26 bits per heavy atom. The minimum atomic E-state index is -4.54. The lowest BCUT2D eigenvalue weighted by molar-refractivity contribution is -0.137. The van der Waals surface area contributed by atoms with E-state index in [4.69, 9.17) is 16.3 Å². The number of amides is 1. The molecule has 34 heavy (non-hydrogen) atoms. The zero-order valence-corrected chi connectivity index (χ0v) is 20.2. The summed E-state index contributed by atoms with van der Waals surface area (Å²) in [5.41, 5.74) is 0.250. The van der Waals surface area contributed by atoms with Crippen LogP contribution in [0.25, 0.3) is 0 Å². The molecule has 1 atom stereocenters. The Hall–Kier alpha value is -2.62.